The predicted molar refractivity (Wildman–Crippen MR) is 130 cm³/mol. The number of aliphatic hydroxyl groups is 1. The molecule has 1 amide bonds. The van der Waals surface area contributed by atoms with Crippen LogP contribution in [0.1, 0.15) is 52.3 Å². The van der Waals surface area contributed by atoms with Crippen LogP contribution in [0.4, 0.5) is 0 Å². The quantitative estimate of drug-likeness (QED) is 0.254. The number of amides is 1. The molecule has 1 aliphatic heterocycles. The van der Waals surface area contributed by atoms with Crippen molar-refractivity contribution in [2.45, 2.75) is 33.2 Å². The molecule has 2 aromatic rings. The van der Waals surface area contributed by atoms with Gasteiger partial charge in [0.05, 0.1) is 18.2 Å². The van der Waals surface area contributed by atoms with E-state index in [9.17, 15) is 19.5 Å². The van der Waals surface area contributed by atoms with Gasteiger partial charge in [-0.05, 0) is 71.1 Å². The molecule has 34 heavy (non-hydrogen) atoms. The normalized spacial score (nSPS) is 17.6. The van der Waals surface area contributed by atoms with Gasteiger partial charge in [0, 0.05) is 22.8 Å². The second kappa shape index (κ2) is 10.4. The van der Waals surface area contributed by atoms with Crippen LogP contribution < -0.4 is 0 Å². The Balaban J connectivity index is 2.15. The standard InChI is InChI=1S/C25H30ClN3O5/c1-6-34-25(33)20-14(2)18(15(3)27-20)22(30)19-21(16-8-10-17(26)11-9-16)29(24(32)23(19)31)13-7-12-28(4)5/h8-11,21,27,30H,6-7,12-13H2,1-5H3/t21-/m1/s1. The molecule has 1 fully saturated rings. The molecule has 0 bridgehead atoms. The molecule has 0 radical (unpaired) electrons. The summed E-state index contributed by atoms with van der Waals surface area (Å²) >= 11 is 6.06. The minimum Gasteiger partial charge on any atom is -0.507 e. The van der Waals surface area contributed by atoms with E-state index in [2.05, 4.69) is 4.98 Å². The number of carbonyl (C=O) groups excluding carboxylic acids is 3. The molecule has 1 saturated heterocycles. The van der Waals surface area contributed by atoms with Crippen molar-refractivity contribution >= 4 is 35.0 Å². The van der Waals surface area contributed by atoms with Gasteiger partial charge in [0.1, 0.15) is 11.5 Å². The number of likely N-dealkylation sites (tertiary alicyclic amines) is 1. The fraction of sp³-hybridized carbons (Fsp3) is 0.400. The number of carbonyl (C=O) groups is 3. The highest BCUT2D eigenvalue weighted by molar-refractivity contribution is 6.46. The number of benzene rings is 1. The Morgan fingerprint density at radius 3 is 2.44 bits per heavy atom. The summed E-state index contributed by atoms with van der Waals surface area (Å²) in [5.74, 6) is -2.31. The molecular formula is C25H30ClN3O5. The molecule has 182 valence electrons. The van der Waals surface area contributed by atoms with Crippen LogP contribution in [0.3, 0.4) is 0 Å². The Morgan fingerprint density at radius 1 is 1.21 bits per heavy atom. The van der Waals surface area contributed by atoms with Crippen molar-refractivity contribution in [3.63, 3.8) is 0 Å². The van der Waals surface area contributed by atoms with E-state index in [-0.39, 0.29) is 23.6 Å². The monoisotopic (exact) mass is 487 g/mol. The van der Waals surface area contributed by atoms with Crippen molar-refractivity contribution < 1.29 is 24.2 Å². The number of ketones is 1. The maximum absolute atomic E-state index is 13.2. The van der Waals surface area contributed by atoms with Gasteiger partial charge in [0.25, 0.3) is 11.7 Å². The third-order valence-electron chi connectivity index (χ3n) is 5.88. The summed E-state index contributed by atoms with van der Waals surface area (Å²) < 4.78 is 5.09. The molecule has 0 saturated carbocycles. The first-order chi connectivity index (χ1) is 16.1. The number of Topliss-reactive ketones (excluding diaryl/α,β-unsaturated/α-hetero) is 1. The first-order valence-electron chi connectivity index (χ1n) is 11.1. The summed E-state index contributed by atoms with van der Waals surface area (Å²) in [5.41, 5.74) is 2.09. The van der Waals surface area contributed by atoms with Crippen molar-refractivity contribution in [1.82, 2.24) is 14.8 Å². The molecular weight excluding hydrogens is 458 g/mol. The van der Waals surface area contributed by atoms with Crippen LogP contribution in [-0.4, -0.2) is 71.3 Å². The Morgan fingerprint density at radius 2 is 1.85 bits per heavy atom. The highest BCUT2D eigenvalue weighted by Gasteiger charge is 2.46. The summed E-state index contributed by atoms with van der Waals surface area (Å²) in [6.07, 6.45) is 0.652. The SMILES string of the molecule is CCOC(=O)c1[nH]c(C)c(C(O)=C2C(=O)C(=O)N(CCCN(C)C)[C@@H]2c2ccc(Cl)cc2)c1C. The highest BCUT2D eigenvalue weighted by Crippen LogP contribution is 2.41. The number of ether oxygens (including phenoxy) is 1. The highest BCUT2D eigenvalue weighted by atomic mass is 35.5. The Bertz CT molecular complexity index is 1130. The summed E-state index contributed by atoms with van der Waals surface area (Å²) in [6, 6.07) is 6.07. The van der Waals surface area contributed by atoms with Gasteiger partial charge in [0.15, 0.2) is 0 Å². The largest absolute Gasteiger partial charge is 0.507 e. The molecule has 2 N–H and O–H groups in total. The van der Waals surface area contributed by atoms with Gasteiger partial charge in [-0.2, -0.15) is 0 Å². The van der Waals surface area contributed by atoms with Crippen molar-refractivity contribution in [1.29, 1.82) is 0 Å². The molecule has 0 aliphatic carbocycles. The molecule has 8 nitrogen and oxygen atoms in total. The number of aliphatic hydroxyl groups excluding tert-OH is 1. The molecule has 3 rings (SSSR count). The number of aromatic nitrogens is 1. The van der Waals surface area contributed by atoms with E-state index >= 15 is 0 Å². The third kappa shape index (κ3) is 4.88. The number of aromatic amines is 1. The number of esters is 1. The third-order valence-corrected chi connectivity index (χ3v) is 6.14. The Hall–Kier alpha value is -3.10. The van der Waals surface area contributed by atoms with Crippen LogP contribution >= 0.6 is 11.6 Å². The molecule has 0 spiro atoms. The van der Waals surface area contributed by atoms with Crippen molar-refractivity contribution in [2.24, 2.45) is 0 Å². The predicted octanol–water partition coefficient (Wildman–Crippen LogP) is 3.84. The zero-order valence-corrected chi connectivity index (χ0v) is 20.8. The number of nitrogens with zero attached hydrogens (tertiary/aromatic N) is 2. The maximum atomic E-state index is 13.2. The van der Waals surface area contributed by atoms with E-state index in [0.29, 0.717) is 40.4 Å². The smallest absolute Gasteiger partial charge is 0.355 e. The van der Waals surface area contributed by atoms with Crippen LogP contribution in [0.15, 0.2) is 29.8 Å². The Labute approximate surface area is 204 Å². The lowest BCUT2D eigenvalue weighted by Gasteiger charge is -2.26. The van der Waals surface area contributed by atoms with E-state index in [0.717, 1.165) is 6.54 Å². The van der Waals surface area contributed by atoms with Crippen molar-refractivity contribution in [3.8, 4) is 0 Å². The lowest BCUT2D eigenvalue weighted by Crippen LogP contribution is -2.32. The van der Waals surface area contributed by atoms with Gasteiger partial charge in [-0.15, -0.1) is 0 Å². The topological polar surface area (TPSA) is 103 Å². The van der Waals surface area contributed by atoms with Crippen LogP contribution in [0, 0.1) is 13.8 Å². The van der Waals surface area contributed by atoms with Gasteiger partial charge >= 0.3 is 5.97 Å². The lowest BCUT2D eigenvalue weighted by atomic mass is 9.94. The molecule has 1 aromatic carbocycles. The number of nitrogens with one attached hydrogen (secondary N) is 1. The van der Waals surface area contributed by atoms with Gasteiger partial charge in [0.2, 0.25) is 0 Å². The van der Waals surface area contributed by atoms with Crippen molar-refractivity contribution in [3.05, 3.63) is 62.9 Å². The first-order valence-corrected chi connectivity index (χ1v) is 11.5. The summed E-state index contributed by atoms with van der Waals surface area (Å²) in [4.78, 5) is 45.0. The maximum Gasteiger partial charge on any atom is 0.355 e. The fourth-order valence-corrected chi connectivity index (χ4v) is 4.43. The van der Waals surface area contributed by atoms with E-state index in [1.54, 1.807) is 45.0 Å². The number of halogens is 1. The van der Waals surface area contributed by atoms with Gasteiger partial charge < -0.3 is 24.6 Å². The summed E-state index contributed by atoms with van der Waals surface area (Å²) in [7, 11) is 3.87. The minimum atomic E-state index is -0.779. The van der Waals surface area contributed by atoms with E-state index in [1.165, 1.54) is 4.90 Å². The average Bonchev–Trinajstić information content (AvgIpc) is 3.21. The van der Waals surface area contributed by atoms with Gasteiger partial charge in [-0.25, -0.2) is 4.79 Å². The Kier molecular flexibility index (Phi) is 7.84. The van der Waals surface area contributed by atoms with Crippen LogP contribution in [-0.2, 0) is 14.3 Å². The van der Waals surface area contributed by atoms with Gasteiger partial charge in [-0.1, -0.05) is 23.7 Å². The zero-order chi connectivity index (χ0) is 25.2. The van der Waals surface area contributed by atoms with Crippen molar-refractivity contribution in [2.75, 3.05) is 33.8 Å². The van der Waals surface area contributed by atoms with Crippen LogP contribution in [0.2, 0.25) is 5.02 Å². The van der Waals surface area contributed by atoms with E-state index in [4.69, 9.17) is 16.3 Å². The number of rotatable bonds is 8. The van der Waals surface area contributed by atoms with E-state index in [1.807, 2.05) is 19.0 Å². The molecule has 1 atom stereocenters. The van der Waals surface area contributed by atoms with E-state index < -0.39 is 23.7 Å². The molecule has 9 heteroatoms. The van der Waals surface area contributed by atoms with Gasteiger partial charge in [-0.3, -0.25) is 9.59 Å². The zero-order valence-electron chi connectivity index (χ0n) is 20.1. The second-order valence-corrected chi connectivity index (χ2v) is 8.98. The fourth-order valence-electron chi connectivity index (χ4n) is 4.31. The molecule has 2 heterocycles. The average molecular weight is 488 g/mol. The van der Waals surface area contributed by atoms with Crippen LogP contribution in [0.25, 0.3) is 5.76 Å². The molecule has 1 aromatic heterocycles. The summed E-state index contributed by atoms with van der Waals surface area (Å²) in [6.45, 7) is 6.33. The number of hydrogen-bond donors (Lipinski definition) is 2. The lowest BCUT2D eigenvalue weighted by molar-refractivity contribution is -0.139. The minimum absolute atomic E-state index is 0.0159. The number of hydrogen-bond acceptors (Lipinski definition) is 6. The molecule has 1 aliphatic rings. The van der Waals surface area contributed by atoms with Crippen LogP contribution in [0.5, 0.6) is 0 Å². The summed E-state index contributed by atoms with van der Waals surface area (Å²) in [5, 5.41) is 11.9. The second-order valence-electron chi connectivity index (χ2n) is 8.55. The first kappa shape index (κ1) is 25.5. The molecule has 0 unspecified atom stereocenters. The number of aryl methyl sites for hydroxylation is 1. The number of H-pyrrole nitrogens is 1.